The van der Waals surface area contributed by atoms with Crippen LogP contribution in [0.25, 0.3) is 0 Å². The number of rotatable bonds is 8. The third kappa shape index (κ3) is 6.07. The number of hydrogen-bond donors (Lipinski definition) is 2. The summed E-state index contributed by atoms with van der Waals surface area (Å²) in [5.74, 6) is -0.113. The van der Waals surface area contributed by atoms with Crippen molar-refractivity contribution in [1.29, 1.82) is 0 Å². The number of benzene rings is 3. The van der Waals surface area contributed by atoms with E-state index in [1.165, 1.54) is 19.2 Å². The van der Waals surface area contributed by atoms with Crippen LogP contribution in [0.2, 0.25) is 5.02 Å². The lowest BCUT2D eigenvalue weighted by Gasteiger charge is -2.20. The molecule has 3 rings (SSSR count). The van der Waals surface area contributed by atoms with E-state index >= 15 is 0 Å². The molecule has 0 aliphatic carbocycles. The van der Waals surface area contributed by atoms with Crippen LogP contribution >= 0.6 is 11.6 Å². The van der Waals surface area contributed by atoms with Crippen molar-refractivity contribution in [2.24, 2.45) is 0 Å². The summed E-state index contributed by atoms with van der Waals surface area (Å²) in [7, 11) is -2.45. The van der Waals surface area contributed by atoms with E-state index in [-0.39, 0.29) is 11.3 Å². The van der Waals surface area contributed by atoms with Crippen LogP contribution in [-0.2, 0) is 21.2 Å². The van der Waals surface area contributed by atoms with Crippen LogP contribution in [0, 0.1) is 6.92 Å². The van der Waals surface area contributed by atoms with Crippen LogP contribution in [-0.4, -0.2) is 27.5 Å². The number of aryl methyl sites for hydroxylation is 1. The van der Waals surface area contributed by atoms with E-state index in [2.05, 4.69) is 10.0 Å². The number of halogens is 1. The summed E-state index contributed by atoms with van der Waals surface area (Å²) in [5, 5.41) is 3.14. The van der Waals surface area contributed by atoms with Gasteiger partial charge in [-0.15, -0.1) is 0 Å². The summed E-state index contributed by atoms with van der Waals surface area (Å²) in [6, 6.07) is 19.4. The quantitative estimate of drug-likeness (QED) is 0.530. The Labute approximate surface area is 187 Å². The largest absolute Gasteiger partial charge is 0.495 e. The monoisotopic (exact) mass is 458 g/mol. The fraction of sp³-hybridized carbons (Fsp3) is 0.174. The zero-order valence-corrected chi connectivity index (χ0v) is 18.7. The lowest BCUT2D eigenvalue weighted by molar-refractivity contribution is -0.117. The van der Waals surface area contributed by atoms with Crippen LogP contribution in [0.5, 0.6) is 5.75 Å². The third-order valence-electron chi connectivity index (χ3n) is 4.65. The summed E-state index contributed by atoms with van der Waals surface area (Å²) in [5.41, 5.74) is 2.10. The highest BCUT2D eigenvalue weighted by Crippen LogP contribution is 2.28. The first-order valence-electron chi connectivity index (χ1n) is 9.56. The van der Waals surface area contributed by atoms with Gasteiger partial charge in [-0.1, -0.05) is 59.6 Å². The summed E-state index contributed by atoms with van der Waals surface area (Å²) in [4.78, 5) is 13.2. The molecule has 31 heavy (non-hydrogen) atoms. The van der Waals surface area contributed by atoms with Gasteiger partial charge in [0.2, 0.25) is 15.9 Å². The molecule has 0 saturated heterocycles. The van der Waals surface area contributed by atoms with Crippen molar-refractivity contribution in [3.8, 4) is 5.75 Å². The second-order valence-corrected chi connectivity index (χ2v) is 9.16. The Bertz CT molecular complexity index is 1150. The van der Waals surface area contributed by atoms with Gasteiger partial charge in [0.25, 0.3) is 0 Å². The number of amides is 1. The molecule has 0 aliphatic heterocycles. The number of carbonyl (C=O) groups excluding carboxylic acids is 1. The highest BCUT2D eigenvalue weighted by molar-refractivity contribution is 7.89. The van der Waals surface area contributed by atoms with Gasteiger partial charge in [0.15, 0.2) is 0 Å². The van der Waals surface area contributed by atoms with Crippen molar-refractivity contribution in [2.75, 3.05) is 12.4 Å². The molecule has 0 spiro atoms. The highest BCUT2D eigenvalue weighted by Gasteiger charge is 2.27. The van der Waals surface area contributed by atoms with Crippen molar-refractivity contribution in [3.05, 3.63) is 88.9 Å². The standard InChI is InChI=1S/C23H23ClN2O4S/c1-16-8-11-19(12-9-16)31(28,29)26-21(14-17-6-4-3-5-7-17)23(27)25-20-15-18(24)10-13-22(20)30-2/h3-13,15,21,26H,14H2,1-2H3,(H,25,27). The molecule has 0 aliphatic rings. The van der Waals surface area contributed by atoms with Crippen LogP contribution < -0.4 is 14.8 Å². The minimum absolute atomic E-state index is 0.0873. The molecule has 3 aromatic rings. The van der Waals surface area contributed by atoms with Crippen molar-refractivity contribution in [3.63, 3.8) is 0 Å². The Hall–Kier alpha value is -2.87. The third-order valence-corrected chi connectivity index (χ3v) is 6.37. The average Bonchev–Trinajstić information content (AvgIpc) is 2.74. The zero-order chi connectivity index (χ0) is 22.4. The van der Waals surface area contributed by atoms with E-state index in [0.717, 1.165) is 11.1 Å². The predicted octanol–water partition coefficient (Wildman–Crippen LogP) is 4.19. The fourth-order valence-corrected chi connectivity index (χ4v) is 4.38. The Kier molecular flexibility index (Phi) is 7.33. The second-order valence-electron chi connectivity index (χ2n) is 7.01. The van der Waals surface area contributed by atoms with E-state index in [9.17, 15) is 13.2 Å². The fourth-order valence-electron chi connectivity index (χ4n) is 3.01. The molecule has 0 radical (unpaired) electrons. The summed E-state index contributed by atoms with van der Waals surface area (Å²) >= 11 is 6.05. The zero-order valence-electron chi connectivity index (χ0n) is 17.1. The average molecular weight is 459 g/mol. The smallest absolute Gasteiger partial charge is 0.243 e. The number of hydrogen-bond acceptors (Lipinski definition) is 4. The van der Waals surface area contributed by atoms with Gasteiger partial charge in [0.05, 0.1) is 17.7 Å². The number of sulfonamides is 1. The van der Waals surface area contributed by atoms with Gasteiger partial charge >= 0.3 is 0 Å². The van der Waals surface area contributed by atoms with Crippen LogP contribution in [0.1, 0.15) is 11.1 Å². The van der Waals surface area contributed by atoms with Gasteiger partial charge < -0.3 is 10.1 Å². The van der Waals surface area contributed by atoms with E-state index in [0.29, 0.717) is 16.5 Å². The van der Waals surface area contributed by atoms with E-state index < -0.39 is 22.0 Å². The van der Waals surface area contributed by atoms with Gasteiger partial charge in [-0.25, -0.2) is 8.42 Å². The normalized spacial score (nSPS) is 12.2. The van der Waals surface area contributed by atoms with Crippen molar-refractivity contribution < 1.29 is 17.9 Å². The summed E-state index contributed by atoms with van der Waals surface area (Å²) < 4.78 is 33.7. The molecule has 2 N–H and O–H groups in total. The molecule has 3 aromatic carbocycles. The van der Waals surface area contributed by atoms with Crippen molar-refractivity contribution in [1.82, 2.24) is 4.72 Å². The maximum atomic E-state index is 13.1. The number of ether oxygens (including phenoxy) is 1. The van der Waals surface area contributed by atoms with Crippen molar-refractivity contribution >= 4 is 33.2 Å². The molecule has 1 unspecified atom stereocenters. The van der Waals surface area contributed by atoms with E-state index in [4.69, 9.17) is 16.3 Å². The first-order valence-corrected chi connectivity index (χ1v) is 11.4. The van der Waals surface area contributed by atoms with Crippen LogP contribution in [0.4, 0.5) is 5.69 Å². The molecule has 162 valence electrons. The maximum Gasteiger partial charge on any atom is 0.243 e. The summed E-state index contributed by atoms with van der Waals surface area (Å²) in [6.07, 6.45) is 0.167. The van der Waals surface area contributed by atoms with Gasteiger partial charge in [-0.2, -0.15) is 4.72 Å². The minimum Gasteiger partial charge on any atom is -0.495 e. The Morgan fingerprint density at radius 2 is 1.71 bits per heavy atom. The second kappa shape index (κ2) is 9.96. The molecule has 1 amide bonds. The Balaban J connectivity index is 1.90. The molecule has 8 heteroatoms. The number of methoxy groups -OCH3 is 1. The van der Waals surface area contributed by atoms with E-state index in [1.54, 1.807) is 30.3 Å². The first kappa shape index (κ1) is 22.8. The van der Waals surface area contributed by atoms with Crippen LogP contribution in [0.15, 0.2) is 77.7 Å². The summed E-state index contributed by atoms with van der Waals surface area (Å²) in [6.45, 7) is 1.87. The molecule has 0 aromatic heterocycles. The van der Waals surface area contributed by atoms with Gasteiger partial charge in [-0.05, 0) is 49.2 Å². The minimum atomic E-state index is -3.93. The highest BCUT2D eigenvalue weighted by atomic mass is 35.5. The lowest BCUT2D eigenvalue weighted by Crippen LogP contribution is -2.45. The number of nitrogens with one attached hydrogen (secondary N) is 2. The van der Waals surface area contributed by atoms with Gasteiger partial charge in [-0.3, -0.25) is 4.79 Å². The molecule has 6 nitrogen and oxygen atoms in total. The van der Waals surface area contributed by atoms with Crippen molar-refractivity contribution in [2.45, 2.75) is 24.3 Å². The molecular weight excluding hydrogens is 436 g/mol. The number of anilines is 1. The maximum absolute atomic E-state index is 13.1. The molecular formula is C23H23ClN2O4S. The Morgan fingerprint density at radius 3 is 2.35 bits per heavy atom. The lowest BCUT2D eigenvalue weighted by atomic mass is 10.1. The van der Waals surface area contributed by atoms with E-state index in [1.807, 2.05) is 37.3 Å². The molecule has 0 saturated carbocycles. The number of carbonyl (C=O) groups is 1. The van der Waals surface area contributed by atoms with Gasteiger partial charge in [0.1, 0.15) is 11.8 Å². The first-order chi connectivity index (χ1) is 14.8. The topological polar surface area (TPSA) is 84.5 Å². The predicted molar refractivity (Wildman–Crippen MR) is 122 cm³/mol. The van der Waals surface area contributed by atoms with Crippen LogP contribution in [0.3, 0.4) is 0 Å². The molecule has 0 fully saturated rings. The SMILES string of the molecule is COc1ccc(Cl)cc1NC(=O)C(Cc1ccccc1)NS(=O)(=O)c1ccc(C)cc1. The molecule has 0 bridgehead atoms. The molecule has 1 atom stereocenters. The van der Waals surface area contributed by atoms with Gasteiger partial charge in [0, 0.05) is 5.02 Å². The Morgan fingerprint density at radius 1 is 1.03 bits per heavy atom. The molecule has 0 heterocycles.